The Labute approximate surface area is 209 Å². The number of likely N-dealkylation sites (tertiary alicyclic amines) is 1. The van der Waals surface area contributed by atoms with Crippen molar-refractivity contribution in [3.05, 3.63) is 0 Å². The molecule has 0 aromatic rings. The molecule has 0 aromatic carbocycles. The number of hydrogen-bond acceptors (Lipinski definition) is 6. The first-order valence-electron chi connectivity index (χ1n) is 13.9. The van der Waals surface area contributed by atoms with Gasteiger partial charge in [0.25, 0.3) is 0 Å². The minimum absolute atomic E-state index is 0.0445. The first kappa shape index (κ1) is 25.4. The average Bonchev–Trinajstić information content (AvgIpc) is 3.52. The number of fused-ring (bicyclic) bond motifs is 3. The van der Waals surface area contributed by atoms with Crippen molar-refractivity contribution >= 4 is 11.8 Å². The highest BCUT2D eigenvalue weighted by molar-refractivity contribution is 5.78. The molecular formula is C27H44N2O6. The summed E-state index contributed by atoms with van der Waals surface area (Å²) in [5.74, 6) is 0.490. The quantitative estimate of drug-likeness (QED) is 0.543. The van der Waals surface area contributed by atoms with Gasteiger partial charge in [-0.2, -0.15) is 0 Å². The van der Waals surface area contributed by atoms with Gasteiger partial charge in [-0.15, -0.1) is 0 Å². The zero-order chi connectivity index (χ0) is 24.8. The maximum Gasteiger partial charge on any atom is 0.223 e. The van der Waals surface area contributed by atoms with Gasteiger partial charge in [0.1, 0.15) is 0 Å². The van der Waals surface area contributed by atoms with Gasteiger partial charge in [0, 0.05) is 30.8 Å². The third kappa shape index (κ3) is 4.76. The van der Waals surface area contributed by atoms with Gasteiger partial charge in [-0.1, -0.05) is 26.7 Å². The topological polar surface area (TPSA) is 108 Å². The van der Waals surface area contributed by atoms with Crippen molar-refractivity contribution in [1.82, 2.24) is 10.2 Å². The lowest BCUT2D eigenvalue weighted by Gasteiger charge is -2.63. The summed E-state index contributed by atoms with van der Waals surface area (Å²) in [7, 11) is 0. The highest BCUT2D eigenvalue weighted by atomic mass is 16.7. The molecule has 5 fully saturated rings. The maximum atomic E-state index is 13.1. The lowest BCUT2D eigenvalue weighted by Crippen LogP contribution is -2.63. The molecule has 2 amide bonds. The van der Waals surface area contributed by atoms with Crippen molar-refractivity contribution in [2.45, 2.75) is 103 Å². The van der Waals surface area contributed by atoms with Crippen LogP contribution in [0.2, 0.25) is 0 Å². The van der Waals surface area contributed by atoms with E-state index < -0.39 is 18.5 Å². The molecule has 5 aliphatic rings. The van der Waals surface area contributed by atoms with Crippen molar-refractivity contribution < 1.29 is 29.3 Å². The fraction of sp³-hybridized carbons (Fsp3) is 0.926. The third-order valence-corrected chi connectivity index (χ3v) is 10.3. The maximum absolute atomic E-state index is 13.1. The van der Waals surface area contributed by atoms with E-state index in [1.165, 1.54) is 0 Å². The molecular weight excluding hydrogens is 448 g/mol. The summed E-state index contributed by atoms with van der Waals surface area (Å²) < 4.78 is 12.6. The molecule has 0 radical (unpaired) electrons. The summed E-state index contributed by atoms with van der Waals surface area (Å²) in [6, 6.07) is 0. The minimum Gasteiger partial charge on any atom is -0.393 e. The standard InChI is InChI=1S/C27H44N2O6/c1-26-11-9-22-27(2,16-34-24(35-22)14-28-25(33)17-5-3-4-6-17)21(26)8-7-20(31)19(26)13-23(32)29-12-10-18(30)15-29/h17-22,24,30-31H,3-16H2,1-2H3,(H,28,33). The number of ether oxygens (including phenoxy) is 2. The summed E-state index contributed by atoms with van der Waals surface area (Å²) in [5.41, 5.74) is -0.364. The van der Waals surface area contributed by atoms with E-state index in [0.717, 1.165) is 44.9 Å². The van der Waals surface area contributed by atoms with Gasteiger partial charge < -0.3 is 29.9 Å². The Morgan fingerprint density at radius 3 is 2.51 bits per heavy atom. The number of hydrogen-bond donors (Lipinski definition) is 3. The van der Waals surface area contributed by atoms with Crippen molar-refractivity contribution in [1.29, 1.82) is 0 Å². The Morgan fingerprint density at radius 1 is 1.03 bits per heavy atom. The lowest BCUT2D eigenvalue weighted by molar-refractivity contribution is -0.306. The molecule has 5 rings (SSSR count). The van der Waals surface area contributed by atoms with Crippen LogP contribution in [0.3, 0.4) is 0 Å². The fourth-order valence-electron chi connectivity index (χ4n) is 8.20. The molecule has 8 atom stereocenters. The second-order valence-corrected chi connectivity index (χ2v) is 12.4. The lowest BCUT2D eigenvalue weighted by atomic mass is 9.46. The van der Waals surface area contributed by atoms with Gasteiger partial charge in [-0.25, -0.2) is 0 Å². The number of nitrogens with one attached hydrogen (secondary N) is 1. The summed E-state index contributed by atoms with van der Waals surface area (Å²) in [4.78, 5) is 27.3. The Morgan fingerprint density at radius 2 is 1.80 bits per heavy atom. The van der Waals surface area contributed by atoms with E-state index in [4.69, 9.17) is 9.47 Å². The number of amides is 2. The van der Waals surface area contributed by atoms with Gasteiger partial charge in [0.15, 0.2) is 6.29 Å². The molecule has 0 bridgehead atoms. The Bertz CT molecular complexity index is 803. The second kappa shape index (κ2) is 9.92. The van der Waals surface area contributed by atoms with Crippen LogP contribution in [-0.2, 0) is 19.1 Å². The molecule has 2 aliphatic heterocycles. The molecule has 2 saturated heterocycles. The van der Waals surface area contributed by atoms with Crippen LogP contribution in [-0.4, -0.2) is 77.8 Å². The number of aliphatic hydroxyl groups excluding tert-OH is 2. The van der Waals surface area contributed by atoms with Crippen LogP contribution in [0.4, 0.5) is 0 Å². The highest BCUT2D eigenvalue weighted by Gasteiger charge is 2.61. The van der Waals surface area contributed by atoms with E-state index in [-0.39, 0.29) is 46.5 Å². The van der Waals surface area contributed by atoms with Gasteiger partial charge >= 0.3 is 0 Å². The van der Waals surface area contributed by atoms with Crippen LogP contribution >= 0.6 is 0 Å². The van der Waals surface area contributed by atoms with Crippen LogP contribution in [0.25, 0.3) is 0 Å². The van der Waals surface area contributed by atoms with E-state index in [1.54, 1.807) is 4.90 Å². The first-order chi connectivity index (χ1) is 16.7. The van der Waals surface area contributed by atoms with Crippen molar-refractivity contribution in [2.24, 2.45) is 28.6 Å². The number of carbonyl (C=O) groups excluding carboxylic acids is 2. The second-order valence-electron chi connectivity index (χ2n) is 12.4. The smallest absolute Gasteiger partial charge is 0.223 e. The number of nitrogens with zero attached hydrogens (tertiary/aromatic N) is 1. The zero-order valence-corrected chi connectivity index (χ0v) is 21.4. The normalized spacial score (nSPS) is 44.1. The van der Waals surface area contributed by atoms with Crippen molar-refractivity contribution in [3.8, 4) is 0 Å². The molecule has 3 N–H and O–H groups in total. The largest absolute Gasteiger partial charge is 0.393 e. The number of carbonyl (C=O) groups is 2. The zero-order valence-electron chi connectivity index (χ0n) is 21.4. The van der Waals surface area contributed by atoms with Gasteiger partial charge in [-0.05, 0) is 62.2 Å². The molecule has 0 aromatic heterocycles. The highest BCUT2D eigenvalue weighted by Crippen LogP contribution is 2.62. The molecule has 198 valence electrons. The minimum atomic E-state index is -0.489. The first-order valence-corrected chi connectivity index (χ1v) is 13.9. The molecule has 8 nitrogen and oxygen atoms in total. The molecule has 3 saturated carbocycles. The summed E-state index contributed by atoms with van der Waals surface area (Å²) in [5, 5.41) is 23.9. The van der Waals surface area contributed by atoms with Crippen molar-refractivity contribution in [2.75, 3.05) is 26.2 Å². The Hall–Kier alpha value is -1.22. The van der Waals surface area contributed by atoms with Crippen molar-refractivity contribution in [3.63, 3.8) is 0 Å². The number of aliphatic hydroxyl groups is 2. The van der Waals surface area contributed by atoms with Gasteiger partial charge in [0.05, 0.1) is 31.5 Å². The molecule has 8 heteroatoms. The monoisotopic (exact) mass is 492 g/mol. The summed E-state index contributed by atoms with van der Waals surface area (Å²) >= 11 is 0. The van der Waals surface area contributed by atoms with Crippen LogP contribution < -0.4 is 5.32 Å². The van der Waals surface area contributed by atoms with E-state index in [1.807, 2.05) is 0 Å². The summed E-state index contributed by atoms with van der Waals surface area (Å²) in [6.07, 6.45) is 7.24. The van der Waals surface area contributed by atoms with Crippen LogP contribution in [0.1, 0.15) is 78.1 Å². The predicted octanol–water partition coefficient (Wildman–Crippen LogP) is 2.21. The van der Waals surface area contributed by atoms with E-state index in [0.29, 0.717) is 45.5 Å². The molecule has 2 heterocycles. The fourth-order valence-corrected chi connectivity index (χ4v) is 8.20. The molecule has 0 spiro atoms. The van der Waals surface area contributed by atoms with Gasteiger partial charge in [-0.3, -0.25) is 9.59 Å². The molecule has 8 unspecified atom stereocenters. The SMILES string of the molecule is CC12COC(CNC(=O)C3CCCC3)OC1CCC1(C)C(CC(=O)N3CCC(O)C3)C(O)CCC21. The predicted molar refractivity (Wildman–Crippen MR) is 129 cm³/mol. The molecule has 3 aliphatic carbocycles. The van der Waals surface area contributed by atoms with E-state index in [2.05, 4.69) is 19.2 Å². The molecule has 35 heavy (non-hydrogen) atoms. The van der Waals surface area contributed by atoms with Crippen LogP contribution in [0, 0.1) is 28.6 Å². The van der Waals surface area contributed by atoms with E-state index in [9.17, 15) is 19.8 Å². The summed E-state index contributed by atoms with van der Waals surface area (Å²) in [6.45, 7) is 6.47. The van der Waals surface area contributed by atoms with Gasteiger partial charge in [0.2, 0.25) is 11.8 Å². The van der Waals surface area contributed by atoms with Crippen LogP contribution in [0.15, 0.2) is 0 Å². The number of rotatable bonds is 5. The number of β-amino-alcohol motifs (C(OH)–C–C–N with tert-alkyl or cyclic N) is 1. The average molecular weight is 493 g/mol. The van der Waals surface area contributed by atoms with E-state index >= 15 is 0 Å². The Kier molecular flexibility index (Phi) is 7.21. The Balaban J connectivity index is 1.23. The van der Waals surface area contributed by atoms with Crippen LogP contribution in [0.5, 0.6) is 0 Å². The third-order valence-electron chi connectivity index (χ3n) is 10.3.